The van der Waals surface area contributed by atoms with Crippen molar-refractivity contribution in [1.29, 1.82) is 0 Å². The van der Waals surface area contributed by atoms with E-state index in [1.54, 1.807) is 12.2 Å². The Labute approximate surface area is 299 Å². The molecule has 14 heteroatoms. The lowest BCUT2D eigenvalue weighted by Crippen LogP contribution is -2.61. The molecule has 8 unspecified atom stereocenters. The molecular weight excluding hydrogens is 670 g/mol. The molecule has 0 bridgehead atoms. The Morgan fingerprint density at radius 3 is 1.96 bits per heavy atom. The van der Waals surface area contributed by atoms with Gasteiger partial charge in [0.25, 0.3) is 0 Å². The molecule has 0 spiro atoms. The van der Waals surface area contributed by atoms with Crippen molar-refractivity contribution in [3.8, 4) is 0 Å². The van der Waals surface area contributed by atoms with Gasteiger partial charge in [0.2, 0.25) is 5.91 Å². The predicted octanol–water partition coefficient (Wildman–Crippen LogP) is 4.18. The molecule has 1 aliphatic heterocycles. The first-order valence-corrected chi connectivity index (χ1v) is 19.8. The van der Waals surface area contributed by atoms with E-state index in [0.717, 1.165) is 32.1 Å². The third kappa shape index (κ3) is 21.0. The summed E-state index contributed by atoms with van der Waals surface area (Å²) in [5, 5.41) is 54.5. The van der Waals surface area contributed by atoms with E-state index in [9.17, 15) is 38.7 Å². The molecule has 7 N–H and O–H groups in total. The van der Waals surface area contributed by atoms with Crippen LogP contribution in [0.2, 0.25) is 0 Å². The van der Waals surface area contributed by atoms with Crippen molar-refractivity contribution in [2.24, 2.45) is 0 Å². The molecule has 292 valence electrons. The summed E-state index contributed by atoms with van der Waals surface area (Å²) in [5.41, 5.74) is 0. The lowest BCUT2D eigenvalue weighted by Gasteiger charge is -2.41. The van der Waals surface area contributed by atoms with Gasteiger partial charge in [0, 0.05) is 6.42 Å². The largest absolute Gasteiger partial charge is 0.397 e. The minimum Gasteiger partial charge on any atom is -0.394 e. The van der Waals surface area contributed by atoms with Crippen LogP contribution in [0.5, 0.6) is 0 Å². The number of rotatable bonds is 29. The van der Waals surface area contributed by atoms with E-state index < -0.39 is 78.5 Å². The molecule has 13 nitrogen and oxygen atoms in total. The maximum atomic E-state index is 12.9. The topological polar surface area (TPSA) is 212 Å². The van der Waals surface area contributed by atoms with E-state index in [4.69, 9.17) is 14.0 Å². The number of nitrogens with one attached hydrogen (secondary N) is 1. The van der Waals surface area contributed by atoms with Crippen molar-refractivity contribution < 1.29 is 57.0 Å². The normalized spacial score (nSPS) is 23.6. The lowest BCUT2D eigenvalue weighted by atomic mass is 9.99. The molecule has 0 aromatic carbocycles. The molecule has 0 saturated carbocycles. The number of ether oxygens (including phenoxy) is 2. The minimum atomic E-state index is -5.12. The van der Waals surface area contributed by atoms with Crippen LogP contribution in [0.4, 0.5) is 0 Å². The number of aliphatic hydroxyl groups excluding tert-OH is 5. The van der Waals surface area contributed by atoms with Gasteiger partial charge in [-0.1, -0.05) is 121 Å². The third-order valence-corrected chi connectivity index (χ3v) is 9.00. The van der Waals surface area contributed by atoms with E-state index in [0.29, 0.717) is 12.8 Å². The van der Waals surface area contributed by atoms with Crippen molar-refractivity contribution >= 4 is 16.3 Å². The molecule has 1 fully saturated rings. The number of unbranched alkanes of at least 4 members (excludes halogenated alkanes) is 13. The average molecular weight is 736 g/mol. The molecule has 1 saturated heterocycles. The van der Waals surface area contributed by atoms with Crippen LogP contribution in [0.15, 0.2) is 36.5 Å². The van der Waals surface area contributed by atoms with Gasteiger partial charge >= 0.3 is 10.4 Å². The number of hydrogen-bond donors (Lipinski definition) is 7. The highest BCUT2D eigenvalue weighted by atomic mass is 32.3. The summed E-state index contributed by atoms with van der Waals surface area (Å²) in [6.45, 7) is 3.07. The van der Waals surface area contributed by atoms with Gasteiger partial charge in [0.05, 0.1) is 25.4 Å². The van der Waals surface area contributed by atoms with Gasteiger partial charge in [-0.15, -0.1) is 0 Å². The van der Waals surface area contributed by atoms with Gasteiger partial charge in [-0.05, 0) is 32.1 Å². The Morgan fingerprint density at radius 2 is 1.38 bits per heavy atom. The molecule has 0 aromatic heterocycles. The molecule has 1 amide bonds. The third-order valence-electron chi connectivity index (χ3n) is 8.53. The van der Waals surface area contributed by atoms with Crippen LogP contribution in [0, 0.1) is 0 Å². The van der Waals surface area contributed by atoms with Crippen molar-refractivity contribution in [2.75, 3.05) is 13.2 Å². The van der Waals surface area contributed by atoms with E-state index in [-0.39, 0.29) is 6.42 Å². The molecular formula is C36H65NO12S. The summed E-state index contributed by atoms with van der Waals surface area (Å²) in [4.78, 5) is 12.9. The summed E-state index contributed by atoms with van der Waals surface area (Å²) in [6, 6.07) is -1.15. The fourth-order valence-corrected chi connectivity index (χ4v) is 6.01. The van der Waals surface area contributed by atoms with Crippen LogP contribution in [0.25, 0.3) is 0 Å². The highest BCUT2D eigenvalue weighted by Gasteiger charge is 2.48. The van der Waals surface area contributed by atoms with Crippen LogP contribution >= 0.6 is 0 Å². The molecule has 0 aliphatic carbocycles. The Kier molecular flexibility index (Phi) is 25.8. The standard InChI is InChI=1S/C36H65NO12S/c1-3-5-7-9-11-13-14-15-17-19-21-23-25-30(40)35(43)37-28(29(39)24-22-20-18-16-12-10-8-6-4-2)27-47-36-33(42)34(49-50(44,45)46)32(41)31(26-38)48-36/h15,17,21-24,28-34,36,38-42H,3-14,16,18-20,25-27H2,1-2H3,(H,37,43)(H,44,45,46)/b17-15-,23-21-,24-22+. The summed E-state index contributed by atoms with van der Waals surface area (Å²) in [5.74, 6) is -0.775. The second-order valence-corrected chi connectivity index (χ2v) is 14.0. The average Bonchev–Trinajstić information content (AvgIpc) is 3.08. The maximum absolute atomic E-state index is 12.9. The second kappa shape index (κ2) is 27.9. The van der Waals surface area contributed by atoms with E-state index in [1.165, 1.54) is 63.9 Å². The van der Waals surface area contributed by atoms with Gasteiger partial charge in [-0.3, -0.25) is 9.35 Å². The SMILES string of the molecule is CCCCCCCC/C=C\C/C=C\CC(O)C(=O)NC(COC1OC(CO)C(O)C(OS(=O)(=O)O)C1O)C(O)/C=C/CCCCCCCCC. The number of aliphatic hydroxyl groups is 5. The van der Waals surface area contributed by atoms with Gasteiger partial charge in [0.1, 0.15) is 30.5 Å². The fourth-order valence-electron chi connectivity index (χ4n) is 5.50. The quantitative estimate of drug-likeness (QED) is 0.0328. The molecule has 0 aromatic rings. The van der Waals surface area contributed by atoms with Crippen LogP contribution in [0.3, 0.4) is 0 Å². The van der Waals surface area contributed by atoms with E-state index in [1.807, 2.05) is 12.2 Å². The number of amides is 1. The van der Waals surface area contributed by atoms with E-state index >= 15 is 0 Å². The Balaban J connectivity index is 2.79. The minimum absolute atomic E-state index is 0.0318. The zero-order chi connectivity index (χ0) is 37.2. The van der Waals surface area contributed by atoms with Gasteiger partial charge in [0.15, 0.2) is 6.29 Å². The summed E-state index contributed by atoms with van der Waals surface area (Å²) in [6.07, 6.45) is 17.2. The van der Waals surface area contributed by atoms with Crippen LogP contribution in [-0.2, 0) is 28.9 Å². The highest BCUT2D eigenvalue weighted by Crippen LogP contribution is 2.26. The number of carbonyl (C=O) groups excluding carboxylic acids is 1. The van der Waals surface area contributed by atoms with Gasteiger partial charge in [-0.25, -0.2) is 4.18 Å². The molecule has 1 rings (SSSR count). The van der Waals surface area contributed by atoms with Crippen molar-refractivity contribution in [3.05, 3.63) is 36.5 Å². The van der Waals surface area contributed by atoms with Crippen LogP contribution in [-0.4, -0.2) is 107 Å². The van der Waals surface area contributed by atoms with Crippen LogP contribution in [0.1, 0.15) is 123 Å². The second-order valence-electron chi connectivity index (χ2n) is 13.0. The number of carbonyl (C=O) groups is 1. The first-order chi connectivity index (χ1) is 23.9. The number of hydrogen-bond acceptors (Lipinski definition) is 11. The Bertz CT molecular complexity index is 1070. The first-order valence-electron chi connectivity index (χ1n) is 18.5. The summed E-state index contributed by atoms with van der Waals surface area (Å²) >= 11 is 0. The van der Waals surface area contributed by atoms with Crippen molar-refractivity contribution in [3.63, 3.8) is 0 Å². The van der Waals surface area contributed by atoms with Gasteiger partial charge in [-0.2, -0.15) is 8.42 Å². The predicted molar refractivity (Wildman–Crippen MR) is 191 cm³/mol. The maximum Gasteiger partial charge on any atom is 0.397 e. The molecule has 1 aliphatic rings. The van der Waals surface area contributed by atoms with Gasteiger partial charge < -0.3 is 40.3 Å². The van der Waals surface area contributed by atoms with Crippen LogP contribution < -0.4 is 5.32 Å². The highest BCUT2D eigenvalue weighted by molar-refractivity contribution is 7.80. The summed E-state index contributed by atoms with van der Waals surface area (Å²) in [7, 11) is -5.12. The fraction of sp³-hybridized carbons (Fsp3) is 0.806. The number of allylic oxidation sites excluding steroid dienone is 4. The van der Waals surface area contributed by atoms with E-state index in [2.05, 4.69) is 29.4 Å². The molecule has 8 atom stereocenters. The zero-order valence-electron chi connectivity index (χ0n) is 30.1. The lowest BCUT2D eigenvalue weighted by molar-refractivity contribution is -0.298. The molecule has 50 heavy (non-hydrogen) atoms. The summed E-state index contributed by atoms with van der Waals surface area (Å²) < 4.78 is 47.1. The Hall–Kier alpha value is -1.72. The first kappa shape index (κ1) is 46.3. The smallest absolute Gasteiger partial charge is 0.394 e. The van der Waals surface area contributed by atoms with Crippen molar-refractivity contribution in [2.45, 2.75) is 172 Å². The molecule has 0 radical (unpaired) electrons. The Morgan fingerprint density at radius 1 is 0.820 bits per heavy atom. The van der Waals surface area contributed by atoms with Crippen molar-refractivity contribution in [1.82, 2.24) is 5.32 Å². The molecule has 1 heterocycles. The zero-order valence-corrected chi connectivity index (χ0v) is 30.9. The monoisotopic (exact) mass is 735 g/mol.